The molecule has 124 valence electrons. The van der Waals surface area contributed by atoms with Crippen molar-refractivity contribution in [2.24, 2.45) is 5.92 Å². The Kier molecular flexibility index (Phi) is 3.16. The summed E-state index contributed by atoms with van der Waals surface area (Å²) in [4.78, 5) is 0. The zero-order chi connectivity index (χ0) is 16.3. The van der Waals surface area contributed by atoms with E-state index in [1.54, 1.807) is 0 Å². The molecule has 2 aromatic carbocycles. The highest BCUT2D eigenvalue weighted by Crippen LogP contribution is 2.49. The standard InChI is InChI=1S/C22H24O2/c1-3-13-5-7-19-15(9-13)17-11-18-16-10-14(4-2)6-8-20(16)24-22(18)12-21(17)23-19/h5,7,9,11-12,14,16,20H,3-4,6,8,10H2,1-2H3. The lowest BCUT2D eigenvalue weighted by Gasteiger charge is -2.30. The molecule has 1 aromatic heterocycles. The Balaban J connectivity index is 1.67. The summed E-state index contributed by atoms with van der Waals surface area (Å²) in [6, 6.07) is 11.1. The van der Waals surface area contributed by atoms with Crippen molar-refractivity contribution in [3.05, 3.63) is 41.5 Å². The second-order valence-electron chi connectivity index (χ2n) is 7.52. The van der Waals surface area contributed by atoms with Gasteiger partial charge in [0.2, 0.25) is 0 Å². The lowest BCUT2D eigenvalue weighted by Crippen LogP contribution is -2.27. The molecule has 24 heavy (non-hydrogen) atoms. The van der Waals surface area contributed by atoms with Crippen LogP contribution in [0.25, 0.3) is 21.9 Å². The van der Waals surface area contributed by atoms with Gasteiger partial charge < -0.3 is 9.15 Å². The van der Waals surface area contributed by atoms with Crippen molar-refractivity contribution in [1.82, 2.24) is 0 Å². The first kappa shape index (κ1) is 14.4. The first-order valence-electron chi connectivity index (χ1n) is 9.42. The van der Waals surface area contributed by atoms with E-state index >= 15 is 0 Å². The van der Waals surface area contributed by atoms with E-state index in [-0.39, 0.29) is 0 Å². The van der Waals surface area contributed by atoms with Crippen LogP contribution in [0.2, 0.25) is 0 Å². The van der Waals surface area contributed by atoms with Gasteiger partial charge in [0.1, 0.15) is 23.0 Å². The third-order valence-electron chi connectivity index (χ3n) is 6.22. The Labute approximate surface area is 142 Å². The van der Waals surface area contributed by atoms with Gasteiger partial charge in [0.25, 0.3) is 0 Å². The monoisotopic (exact) mass is 320 g/mol. The van der Waals surface area contributed by atoms with E-state index in [2.05, 4.69) is 44.2 Å². The van der Waals surface area contributed by atoms with Crippen LogP contribution in [0.5, 0.6) is 5.75 Å². The van der Waals surface area contributed by atoms with Crippen molar-refractivity contribution in [2.45, 2.75) is 58.0 Å². The van der Waals surface area contributed by atoms with E-state index in [0.717, 1.165) is 29.3 Å². The number of furan rings is 1. The van der Waals surface area contributed by atoms with Gasteiger partial charge in [0.15, 0.2) is 0 Å². The zero-order valence-electron chi connectivity index (χ0n) is 14.5. The molecule has 0 radical (unpaired) electrons. The average molecular weight is 320 g/mol. The summed E-state index contributed by atoms with van der Waals surface area (Å²) in [5.74, 6) is 2.48. The molecule has 2 heteroatoms. The summed E-state index contributed by atoms with van der Waals surface area (Å²) < 4.78 is 12.4. The molecule has 2 heterocycles. The van der Waals surface area contributed by atoms with E-state index in [0.29, 0.717) is 12.0 Å². The number of aryl methyl sites for hydroxylation is 1. The van der Waals surface area contributed by atoms with Crippen molar-refractivity contribution >= 4 is 21.9 Å². The maximum Gasteiger partial charge on any atom is 0.139 e. The fourth-order valence-electron chi connectivity index (χ4n) is 4.71. The van der Waals surface area contributed by atoms with Crippen molar-refractivity contribution < 1.29 is 9.15 Å². The molecule has 1 saturated carbocycles. The molecule has 1 aliphatic carbocycles. The van der Waals surface area contributed by atoms with Crippen LogP contribution >= 0.6 is 0 Å². The van der Waals surface area contributed by atoms with Crippen LogP contribution in [-0.4, -0.2) is 6.10 Å². The quantitative estimate of drug-likeness (QED) is 0.560. The van der Waals surface area contributed by atoms with Crippen molar-refractivity contribution in [1.29, 1.82) is 0 Å². The summed E-state index contributed by atoms with van der Waals surface area (Å²) in [6.45, 7) is 4.52. The molecule has 1 fully saturated rings. The molecular weight excluding hydrogens is 296 g/mol. The molecule has 0 saturated heterocycles. The maximum absolute atomic E-state index is 6.29. The number of rotatable bonds is 2. The van der Waals surface area contributed by atoms with E-state index in [9.17, 15) is 0 Å². The van der Waals surface area contributed by atoms with E-state index in [1.807, 2.05) is 0 Å². The van der Waals surface area contributed by atoms with E-state index in [1.165, 1.54) is 47.6 Å². The van der Waals surface area contributed by atoms with Gasteiger partial charge in [-0.15, -0.1) is 0 Å². The lowest BCUT2D eigenvalue weighted by molar-refractivity contribution is 0.135. The molecule has 5 rings (SSSR count). The van der Waals surface area contributed by atoms with Crippen molar-refractivity contribution in [3.63, 3.8) is 0 Å². The predicted molar refractivity (Wildman–Crippen MR) is 97.9 cm³/mol. The van der Waals surface area contributed by atoms with Gasteiger partial charge >= 0.3 is 0 Å². The summed E-state index contributed by atoms with van der Waals surface area (Å²) in [7, 11) is 0. The van der Waals surface area contributed by atoms with Gasteiger partial charge in [-0.1, -0.05) is 26.3 Å². The van der Waals surface area contributed by atoms with Crippen LogP contribution in [0.4, 0.5) is 0 Å². The Morgan fingerprint density at radius 2 is 1.88 bits per heavy atom. The van der Waals surface area contributed by atoms with Gasteiger partial charge in [-0.05, 0) is 55.4 Å². The van der Waals surface area contributed by atoms with Crippen LogP contribution < -0.4 is 4.74 Å². The topological polar surface area (TPSA) is 22.4 Å². The van der Waals surface area contributed by atoms with Gasteiger partial charge in [0.05, 0.1) is 0 Å². The second-order valence-corrected chi connectivity index (χ2v) is 7.52. The molecule has 3 aromatic rings. The van der Waals surface area contributed by atoms with Crippen LogP contribution in [0.15, 0.2) is 34.7 Å². The fourth-order valence-corrected chi connectivity index (χ4v) is 4.71. The summed E-state index contributed by atoms with van der Waals surface area (Å²) in [5, 5.41) is 2.50. The number of hydrogen-bond acceptors (Lipinski definition) is 2. The fraction of sp³-hybridized carbons (Fsp3) is 0.455. The minimum absolute atomic E-state index is 0.381. The molecule has 1 aliphatic heterocycles. The highest BCUT2D eigenvalue weighted by Gasteiger charge is 2.39. The zero-order valence-corrected chi connectivity index (χ0v) is 14.5. The Hall–Kier alpha value is -1.96. The minimum atomic E-state index is 0.381. The Morgan fingerprint density at radius 1 is 1.00 bits per heavy atom. The van der Waals surface area contributed by atoms with E-state index in [4.69, 9.17) is 9.15 Å². The number of fused-ring (bicyclic) bond motifs is 6. The summed E-state index contributed by atoms with van der Waals surface area (Å²) >= 11 is 0. The number of ether oxygens (including phenoxy) is 1. The molecule has 0 spiro atoms. The maximum atomic E-state index is 6.29. The largest absolute Gasteiger partial charge is 0.489 e. The third-order valence-corrected chi connectivity index (χ3v) is 6.22. The van der Waals surface area contributed by atoms with Gasteiger partial charge in [-0.2, -0.15) is 0 Å². The third kappa shape index (κ3) is 2.02. The predicted octanol–water partition coefficient (Wildman–Crippen LogP) is 6.20. The molecule has 0 amide bonds. The molecule has 3 atom stereocenters. The summed E-state index contributed by atoms with van der Waals surface area (Å²) in [5.41, 5.74) is 4.72. The number of benzene rings is 2. The molecule has 0 N–H and O–H groups in total. The number of hydrogen-bond donors (Lipinski definition) is 0. The molecule has 2 aliphatic rings. The normalized spacial score (nSPS) is 25.7. The van der Waals surface area contributed by atoms with Gasteiger partial charge in [-0.3, -0.25) is 0 Å². The highest BCUT2D eigenvalue weighted by molar-refractivity contribution is 6.06. The van der Waals surface area contributed by atoms with Gasteiger partial charge in [0, 0.05) is 28.3 Å². The average Bonchev–Trinajstić information content (AvgIpc) is 3.15. The smallest absolute Gasteiger partial charge is 0.139 e. The van der Waals surface area contributed by atoms with Crippen LogP contribution in [0.1, 0.15) is 56.6 Å². The molecule has 0 bridgehead atoms. The molecule has 3 unspecified atom stereocenters. The molecular formula is C22H24O2. The van der Waals surface area contributed by atoms with Crippen molar-refractivity contribution in [2.75, 3.05) is 0 Å². The Bertz CT molecular complexity index is 921. The van der Waals surface area contributed by atoms with Crippen LogP contribution in [0, 0.1) is 5.92 Å². The lowest BCUT2D eigenvalue weighted by atomic mass is 9.76. The second kappa shape index (κ2) is 5.27. The van der Waals surface area contributed by atoms with Crippen LogP contribution in [0.3, 0.4) is 0 Å². The van der Waals surface area contributed by atoms with E-state index < -0.39 is 0 Å². The Morgan fingerprint density at radius 3 is 2.71 bits per heavy atom. The van der Waals surface area contributed by atoms with Crippen molar-refractivity contribution in [3.8, 4) is 5.75 Å². The first-order chi connectivity index (χ1) is 11.8. The highest BCUT2D eigenvalue weighted by atomic mass is 16.5. The molecule has 2 nitrogen and oxygen atoms in total. The SMILES string of the molecule is CCc1ccc2oc3cc4c(cc3c2c1)C1CC(CC)CCC1O4. The first-order valence-corrected chi connectivity index (χ1v) is 9.42. The minimum Gasteiger partial charge on any atom is -0.489 e. The summed E-state index contributed by atoms with van der Waals surface area (Å²) in [6.07, 6.45) is 6.50. The van der Waals surface area contributed by atoms with Crippen LogP contribution in [-0.2, 0) is 6.42 Å². The van der Waals surface area contributed by atoms with Gasteiger partial charge in [-0.25, -0.2) is 0 Å².